The highest BCUT2D eigenvalue weighted by Crippen LogP contribution is 2.43. The van der Waals surface area contributed by atoms with Gasteiger partial charge < -0.3 is 5.32 Å². The SMILES string of the molecule is CC1CC2(CCC(=O)N2)C1. The third kappa shape index (κ3) is 0.746. The van der Waals surface area contributed by atoms with Crippen molar-refractivity contribution in [3.05, 3.63) is 0 Å². The van der Waals surface area contributed by atoms with Crippen molar-refractivity contribution in [3.8, 4) is 0 Å². The fourth-order valence-electron chi connectivity index (χ4n) is 2.35. The summed E-state index contributed by atoms with van der Waals surface area (Å²) in [7, 11) is 0. The average molecular weight is 139 g/mol. The first-order chi connectivity index (χ1) is 4.70. The maximum absolute atomic E-state index is 10.8. The molecule has 0 radical (unpaired) electrons. The number of hydrogen-bond donors (Lipinski definition) is 1. The van der Waals surface area contributed by atoms with Crippen molar-refractivity contribution in [2.75, 3.05) is 0 Å². The Hall–Kier alpha value is -0.530. The Morgan fingerprint density at radius 3 is 2.70 bits per heavy atom. The molecule has 1 N–H and O–H groups in total. The monoisotopic (exact) mass is 139 g/mol. The lowest BCUT2D eigenvalue weighted by Gasteiger charge is -2.43. The molecule has 1 heterocycles. The molecule has 1 aliphatic heterocycles. The van der Waals surface area contributed by atoms with Gasteiger partial charge in [-0.25, -0.2) is 0 Å². The van der Waals surface area contributed by atoms with E-state index in [-0.39, 0.29) is 11.4 Å². The average Bonchev–Trinajstić information content (AvgIpc) is 2.10. The zero-order valence-electron chi connectivity index (χ0n) is 6.31. The molecule has 0 aromatic rings. The Morgan fingerprint density at radius 2 is 2.30 bits per heavy atom. The minimum absolute atomic E-state index is 0.256. The fourth-order valence-corrected chi connectivity index (χ4v) is 2.35. The molecule has 1 spiro atoms. The first-order valence-corrected chi connectivity index (χ1v) is 4.01. The predicted molar refractivity (Wildman–Crippen MR) is 38.5 cm³/mol. The van der Waals surface area contributed by atoms with Gasteiger partial charge in [-0.2, -0.15) is 0 Å². The van der Waals surface area contributed by atoms with Gasteiger partial charge >= 0.3 is 0 Å². The largest absolute Gasteiger partial charge is 0.351 e. The third-order valence-corrected chi connectivity index (χ3v) is 2.71. The second-order valence-corrected chi connectivity index (χ2v) is 3.84. The van der Waals surface area contributed by atoms with Crippen LogP contribution in [0, 0.1) is 5.92 Å². The zero-order valence-corrected chi connectivity index (χ0v) is 6.31. The molecule has 0 unspecified atom stereocenters. The number of rotatable bonds is 0. The highest BCUT2D eigenvalue weighted by molar-refractivity contribution is 5.79. The van der Waals surface area contributed by atoms with Crippen molar-refractivity contribution < 1.29 is 4.79 Å². The number of carbonyl (C=O) groups excluding carboxylic acids is 1. The van der Waals surface area contributed by atoms with E-state index in [1.807, 2.05) is 0 Å². The second-order valence-electron chi connectivity index (χ2n) is 3.84. The van der Waals surface area contributed by atoms with Crippen LogP contribution < -0.4 is 5.32 Å². The molecule has 56 valence electrons. The molecule has 10 heavy (non-hydrogen) atoms. The van der Waals surface area contributed by atoms with Crippen LogP contribution in [0.2, 0.25) is 0 Å². The van der Waals surface area contributed by atoms with Gasteiger partial charge in [0, 0.05) is 12.0 Å². The Labute approximate surface area is 61.0 Å². The summed E-state index contributed by atoms with van der Waals surface area (Å²) < 4.78 is 0. The molecule has 0 aromatic carbocycles. The lowest BCUT2D eigenvalue weighted by molar-refractivity contribution is -0.120. The van der Waals surface area contributed by atoms with E-state index in [2.05, 4.69) is 12.2 Å². The molecule has 1 aliphatic carbocycles. The highest BCUT2D eigenvalue weighted by atomic mass is 16.2. The quantitative estimate of drug-likeness (QED) is 0.534. The second kappa shape index (κ2) is 1.74. The van der Waals surface area contributed by atoms with Crippen molar-refractivity contribution in [1.29, 1.82) is 0 Å². The van der Waals surface area contributed by atoms with E-state index in [9.17, 15) is 4.79 Å². The van der Waals surface area contributed by atoms with Crippen molar-refractivity contribution in [1.82, 2.24) is 5.32 Å². The molecule has 0 bridgehead atoms. The van der Waals surface area contributed by atoms with Crippen LogP contribution in [-0.4, -0.2) is 11.4 Å². The topological polar surface area (TPSA) is 29.1 Å². The summed E-state index contributed by atoms with van der Waals surface area (Å²) in [4.78, 5) is 10.8. The van der Waals surface area contributed by atoms with E-state index in [1.54, 1.807) is 0 Å². The standard InChI is InChI=1S/C8H13NO/c1-6-4-8(5-6)3-2-7(10)9-8/h6H,2-5H2,1H3,(H,9,10). The maximum Gasteiger partial charge on any atom is 0.220 e. The van der Waals surface area contributed by atoms with Crippen LogP contribution in [0.4, 0.5) is 0 Å². The van der Waals surface area contributed by atoms with Gasteiger partial charge in [-0.3, -0.25) is 4.79 Å². The highest BCUT2D eigenvalue weighted by Gasteiger charge is 2.46. The van der Waals surface area contributed by atoms with Crippen LogP contribution in [0.5, 0.6) is 0 Å². The number of carbonyl (C=O) groups is 1. The van der Waals surface area contributed by atoms with E-state index < -0.39 is 0 Å². The molecule has 2 aliphatic rings. The van der Waals surface area contributed by atoms with Crippen LogP contribution in [0.25, 0.3) is 0 Å². The van der Waals surface area contributed by atoms with Crippen molar-refractivity contribution in [3.63, 3.8) is 0 Å². The van der Waals surface area contributed by atoms with E-state index in [1.165, 1.54) is 12.8 Å². The van der Waals surface area contributed by atoms with Crippen LogP contribution >= 0.6 is 0 Å². The molecule has 2 fully saturated rings. The minimum Gasteiger partial charge on any atom is -0.351 e. The zero-order chi connectivity index (χ0) is 7.19. The van der Waals surface area contributed by atoms with E-state index >= 15 is 0 Å². The first-order valence-electron chi connectivity index (χ1n) is 4.01. The summed E-state index contributed by atoms with van der Waals surface area (Å²) in [6, 6.07) is 0. The molecular formula is C8H13NO. The Morgan fingerprint density at radius 1 is 1.60 bits per heavy atom. The predicted octanol–water partition coefficient (Wildman–Crippen LogP) is 1.07. The molecule has 0 aromatic heterocycles. The van der Waals surface area contributed by atoms with Gasteiger partial charge in [0.2, 0.25) is 5.91 Å². The number of nitrogens with one attached hydrogen (secondary N) is 1. The summed E-state index contributed by atoms with van der Waals surface area (Å²) in [5.41, 5.74) is 0.260. The Bertz CT molecular complexity index is 170. The smallest absolute Gasteiger partial charge is 0.220 e. The van der Waals surface area contributed by atoms with Crippen LogP contribution in [0.15, 0.2) is 0 Å². The van der Waals surface area contributed by atoms with Crippen LogP contribution in [-0.2, 0) is 4.79 Å². The van der Waals surface area contributed by atoms with Crippen LogP contribution in [0.1, 0.15) is 32.6 Å². The summed E-state index contributed by atoms with van der Waals surface area (Å²) in [6.45, 7) is 2.25. The molecule has 1 amide bonds. The lowest BCUT2D eigenvalue weighted by atomic mass is 9.68. The lowest BCUT2D eigenvalue weighted by Crippen LogP contribution is -2.51. The number of hydrogen-bond acceptors (Lipinski definition) is 1. The van der Waals surface area contributed by atoms with E-state index in [0.717, 1.165) is 18.8 Å². The first kappa shape index (κ1) is 6.20. The van der Waals surface area contributed by atoms with Crippen LogP contribution in [0.3, 0.4) is 0 Å². The molecule has 0 atom stereocenters. The van der Waals surface area contributed by atoms with Gasteiger partial charge in [0.1, 0.15) is 0 Å². The van der Waals surface area contributed by atoms with Crippen molar-refractivity contribution in [2.24, 2.45) is 5.92 Å². The minimum atomic E-state index is 0.256. The summed E-state index contributed by atoms with van der Waals surface area (Å²) in [5.74, 6) is 1.09. The summed E-state index contributed by atoms with van der Waals surface area (Å²) in [6.07, 6.45) is 4.25. The van der Waals surface area contributed by atoms with Gasteiger partial charge in [0.05, 0.1) is 0 Å². The summed E-state index contributed by atoms with van der Waals surface area (Å²) in [5, 5.41) is 3.06. The van der Waals surface area contributed by atoms with Gasteiger partial charge in [-0.15, -0.1) is 0 Å². The Kier molecular flexibility index (Phi) is 1.08. The van der Waals surface area contributed by atoms with E-state index in [4.69, 9.17) is 0 Å². The van der Waals surface area contributed by atoms with Gasteiger partial charge in [0.25, 0.3) is 0 Å². The third-order valence-electron chi connectivity index (χ3n) is 2.71. The van der Waals surface area contributed by atoms with Gasteiger partial charge in [-0.1, -0.05) is 6.92 Å². The van der Waals surface area contributed by atoms with Gasteiger partial charge in [-0.05, 0) is 25.2 Å². The maximum atomic E-state index is 10.8. The fraction of sp³-hybridized carbons (Fsp3) is 0.875. The van der Waals surface area contributed by atoms with Crippen molar-refractivity contribution >= 4 is 5.91 Å². The molecule has 1 saturated carbocycles. The molecule has 2 rings (SSSR count). The molecule has 1 saturated heterocycles. The Balaban J connectivity index is 2.01. The molecular weight excluding hydrogens is 126 g/mol. The normalized spacial score (nSPS) is 45.3. The summed E-state index contributed by atoms with van der Waals surface area (Å²) >= 11 is 0. The molecule has 2 heteroatoms. The van der Waals surface area contributed by atoms with Crippen molar-refractivity contribution in [2.45, 2.75) is 38.1 Å². The van der Waals surface area contributed by atoms with E-state index in [0.29, 0.717) is 0 Å². The number of amides is 1. The molecule has 2 nitrogen and oxygen atoms in total. The van der Waals surface area contributed by atoms with Gasteiger partial charge in [0.15, 0.2) is 0 Å².